The van der Waals surface area contributed by atoms with E-state index in [4.69, 9.17) is 5.84 Å². The first-order chi connectivity index (χ1) is 9.26. The summed E-state index contributed by atoms with van der Waals surface area (Å²) in [5.41, 5.74) is 2.99. The van der Waals surface area contributed by atoms with Gasteiger partial charge in [0.05, 0.1) is 5.39 Å². The van der Waals surface area contributed by atoms with Crippen LogP contribution in [0.2, 0.25) is 0 Å². The van der Waals surface area contributed by atoms with E-state index in [0.717, 1.165) is 22.6 Å². The minimum atomic E-state index is 0.462. The second-order valence-electron chi connectivity index (χ2n) is 5.24. The Morgan fingerprint density at radius 1 is 1.42 bits per heavy atom. The number of hydrazine groups is 1. The zero-order valence-corrected chi connectivity index (χ0v) is 11.9. The number of nitrogens with zero attached hydrogens (tertiary/aromatic N) is 2. The summed E-state index contributed by atoms with van der Waals surface area (Å²) in [6.45, 7) is 3.25. The maximum atomic E-state index is 5.43. The third-order valence-corrected chi connectivity index (χ3v) is 5.06. The van der Waals surface area contributed by atoms with E-state index >= 15 is 0 Å². The molecule has 1 fully saturated rings. The smallest absolute Gasteiger partial charge is 0.240 e. The number of anilines is 2. The Morgan fingerprint density at radius 3 is 2.89 bits per heavy atom. The number of nitrogens with two attached hydrogens (primary N) is 1. The predicted molar refractivity (Wildman–Crippen MR) is 80.3 cm³/mol. The Labute approximate surface area is 116 Å². The van der Waals surface area contributed by atoms with E-state index in [1.807, 2.05) is 5.38 Å². The average Bonchev–Trinajstić information content (AvgIpc) is 2.85. The highest BCUT2D eigenvalue weighted by molar-refractivity contribution is 7.16. The summed E-state index contributed by atoms with van der Waals surface area (Å²) >= 11 is 1.60. The molecule has 0 atom stereocenters. The fraction of sp³-hybridized carbons (Fsp3) is 0.538. The van der Waals surface area contributed by atoms with E-state index in [9.17, 15) is 0 Å². The van der Waals surface area contributed by atoms with Gasteiger partial charge in [0, 0.05) is 6.54 Å². The molecule has 0 aliphatic heterocycles. The predicted octanol–water partition coefficient (Wildman–Crippen LogP) is 2.97. The summed E-state index contributed by atoms with van der Waals surface area (Å²) in [4.78, 5) is 9.74. The van der Waals surface area contributed by atoms with Crippen LogP contribution in [0.4, 0.5) is 11.8 Å². The Bertz CT molecular complexity index is 570. The van der Waals surface area contributed by atoms with Crippen LogP contribution >= 0.6 is 11.3 Å². The monoisotopic (exact) mass is 277 g/mol. The summed E-state index contributed by atoms with van der Waals surface area (Å²) in [6.07, 6.45) is 5.20. The number of thiophene rings is 1. The van der Waals surface area contributed by atoms with Gasteiger partial charge in [0.15, 0.2) is 0 Å². The Morgan fingerprint density at radius 2 is 2.26 bits per heavy atom. The van der Waals surface area contributed by atoms with E-state index in [2.05, 4.69) is 33.7 Å². The molecule has 3 rings (SSSR count). The molecular formula is C13H19N5S. The van der Waals surface area contributed by atoms with Crippen molar-refractivity contribution in [2.45, 2.75) is 32.6 Å². The second kappa shape index (κ2) is 4.94. The number of aromatic nitrogens is 2. The number of nitrogen functional groups attached to an aromatic ring is 1. The van der Waals surface area contributed by atoms with Gasteiger partial charge in [-0.25, -0.2) is 10.8 Å². The van der Waals surface area contributed by atoms with E-state index in [1.54, 1.807) is 11.3 Å². The first-order valence-corrected chi connectivity index (χ1v) is 7.60. The number of fused-ring (bicyclic) bond motifs is 1. The lowest BCUT2D eigenvalue weighted by Gasteiger charge is -2.41. The van der Waals surface area contributed by atoms with E-state index in [-0.39, 0.29) is 0 Å². The molecule has 2 aromatic heterocycles. The summed E-state index contributed by atoms with van der Waals surface area (Å²) in [5.74, 6) is 6.78. The number of hydrogen-bond acceptors (Lipinski definition) is 6. The van der Waals surface area contributed by atoms with E-state index in [1.165, 1.54) is 25.7 Å². The minimum Gasteiger partial charge on any atom is -0.369 e. The van der Waals surface area contributed by atoms with Gasteiger partial charge in [-0.2, -0.15) is 4.98 Å². The molecule has 6 heteroatoms. The van der Waals surface area contributed by atoms with Crippen LogP contribution in [-0.2, 0) is 0 Å². The van der Waals surface area contributed by atoms with Crippen LogP contribution in [0.1, 0.15) is 32.6 Å². The normalized spacial score (nSPS) is 17.2. The molecule has 102 valence electrons. The summed E-state index contributed by atoms with van der Waals surface area (Å²) < 4.78 is 0. The van der Waals surface area contributed by atoms with Gasteiger partial charge < -0.3 is 5.32 Å². The van der Waals surface area contributed by atoms with Crippen LogP contribution < -0.4 is 16.6 Å². The quantitative estimate of drug-likeness (QED) is 0.578. The first kappa shape index (κ1) is 12.6. The molecule has 4 N–H and O–H groups in total. The van der Waals surface area contributed by atoms with Crippen LogP contribution in [0.15, 0.2) is 11.4 Å². The lowest BCUT2D eigenvalue weighted by Crippen LogP contribution is -2.36. The van der Waals surface area contributed by atoms with E-state index in [0.29, 0.717) is 11.4 Å². The molecule has 19 heavy (non-hydrogen) atoms. The average molecular weight is 277 g/mol. The van der Waals surface area contributed by atoms with Gasteiger partial charge in [-0.3, -0.25) is 5.43 Å². The fourth-order valence-corrected chi connectivity index (χ4v) is 3.42. The van der Waals surface area contributed by atoms with Gasteiger partial charge >= 0.3 is 0 Å². The standard InChI is InChI=1S/C13H19N5S/c1-2-13(5-3-6-13)8-15-10-9-4-7-19-11(9)17-12(16-10)18-14/h4,7H,2-3,5-6,8,14H2,1H3,(H2,15,16,17,18). The van der Waals surface area contributed by atoms with Gasteiger partial charge in [-0.1, -0.05) is 13.3 Å². The number of nitrogens with one attached hydrogen (secondary N) is 2. The van der Waals surface area contributed by atoms with Gasteiger partial charge in [-0.15, -0.1) is 11.3 Å². The van der Waals surface area contributed by atoms with Crippen molar-refractivity contribution < 1.29 is 0 Å². The van der Waals surface area contributed by atoms with Crippen molar-refractivity contribution in [3.05, 3.63) is 11.4 Å². The van der Waals surface area contributed by atoms with Crippen molar-refractivity contribution in [3.63, 3.8) is 0 Å². The van der Waals surface area contributed by atoms with Crippen LogP contribution in [0.3, 0.4) is 0 Å². The van der Waals surface area contributed by atoms with Crippen LogP contribution in [0.25, 0.3) is 10.2 Å². The van der Waals surface area contributed by atoms with Crippen molar-refractivity contribution in [3.8, 4) is 0 Å². The van der Waals surface area contributed by atoms with Gasteiger partial charge in [-0.05, 0) is 36.1 Å². The summed E-state index contributed by atoms with van der Waals surface area (Å²) in [7, 11) is 0. The molecule has 0 unspecified atom stereocenters. The lowest BCUT2D eigenvalue weighted by molar-refractivity contribution is 0.145. The van der Waals surface area contributed by atoms with Crippen molar-refractivity contribution >= 4 is 33.3 Å². The largest absolute Gasteiger partial charge is 0.369 e. The molecule has 5 nitrogen and oxygen atoms in total. The molecule has 0 saturated heterocycles. The second-order valence-corrected chi connectivity index (χ2v) is 6.13. The fourth-order valence-electron chi connectivity index (χ4n) is 2.66. The van der Waals surface area contributed by atoms with Crippen molar-refractivity contribution in [2.24, 2.45) is 11.3 Å². The molecule has 2 heterocycles. The van der Waals surface area contributed by atoms with Gasteiger partial charge in [0.1, 0.15) is 10.6 Å². The third kappa shape index (κ3) is 2.26. The van der Waals surface area contributed by atoms with Crippen LogP contribution in [-0.4, -0.2) is 16.5 Å². The van der Waals surface area contributed by atoms with Crippen LogP contribution in [0.5, 0.6) is 0 Å². The molecule has 0 radical (unpaired) electrons. The molecule has 0 spiro atoms. The van der Waals surface area contributed by atoms with Gasteiger partial charge in [0.2, 0.25) is 5.95 Å². The SMILES string of the molecule is CCC1(CNc2nc(NN)nc3sccc23)CCC1. The molecule has 0 bridgehead atoms. The highest BCUT2D eigenvalue weighted by Gasteiger charge is 2.34. The number of rotatable bonds is 5. The topological polar surface area (TPSA) is 75.9 Å². The summed E-state index contributed by atoms with van der Waals surface area (Å²) in [5, 5.41) is 6.61. The maximum absolute atomic E-state index is 5.43. The van der Waals surface area contributed by atoms with Gasteiger partial charge in [0.25, 0.3) is 0 Å². The molecule has 1 saturated carbocycles. The molecule has 0 amide bonds. The first-order valence-electron chi connectivity index (χ1n) is 6.72. The maximum Gasteiger partial charge on any atom is 0.240 e. The molecule has 0 aromatic carbocycles. The third-order valence-electron chi connectivity index (χ3n) is 4.25. The Hall–Kier alpha value is -1.40. The number of hydrogen-bond donors (Lipinski definition) is 3. The Balaban J connectivity index is 1.85. The molecular weight excluding hydrogens is 258 g/mol. The molecule has 1 aliphatic carbocycles. The minimum absolute atomic E-state index is 0.462. The highest BCUT2D eigenvalue weighted by Crippen LogP contribution is 2.44. The zero-order valence-electron chi connectivity index (χ0n) is 11.1. The summed E-state index contributed by atoms with van der Waals surface area (Å²) in [6, 6.07) is 2.06. The van der Waals surface area contributed by atoms with Crippen LogP contribution in [0, 0.1) is 5.41 Å². The van der Waals surface area contributed by atoms with Crippen molar-refractivity contribution in [1.29, 1.82) is 0 Å². The highest BCUT2D eigenvalue weighted by atomic mass is 32.1. The van der Waals surface area contributed by atoms with Crippen molar-refractivity contribution in [1.82, 2.24) is 9.97 Å². The lowest BCUT2D eigenvalue weighted by atomic mass is 9.67. The van der Waals surface area contributed by atoms with E-state index < -0.39 is 0 Å². The molecule has 1 aliphatic rings. The Kier molecular flexibility index (Phi) is 3.28. The molecule has 2 aromatic rings. The zero-order chi connectivity index (χ0) is 13.3. The van der Waals surface area contributed by atoms with Crippen molar-refractivity contribution in [2.75, 3.05) is 17.3 Å².